The molecule has 0 unspecified atom stereocenters. The molecule has 0 bridgehead atoms. The zero-order chi connectivity index (χ0) is 11.5. The Bertz CT molecular complexity index is 400. The molecule has 0 aliphatic rings. The number of rotatable bonds is 4. The van der Waals surface area contributed by atoms with E-state index in [2.05, 4.69) is 5.43 Å². The van der Waals surface area contributed by atoms with Gasteiger partial charge in [0.25, 0.3) is 5.69 Å². The van der Waals surface area contributed by atoms with E-state index in [1.807, 2.05) is 0 Å². The summed E-state index contributed by atoms with van der Waals surface area (Å²) in [4.78, 5) is 26.6. The highest BCUT2D eigenvalue weighted by Gasteiger charge is 2.11. The highest BCUT2D eigenvalue weighted by atomic mass is 31.2. The van der Waals surface area contributed by atoms with Crippen molar-refractivity contribution in [1.29, 1.82) is 0 Å². The van der Waals surface area contributed by atoms with Crippen LogP contribution in [0, 0.1) is 10.1 Å². The molecule has 0 radical (unpaired) electrons. The summed E-state index contributed by atoms with van der Waals surface area (Å²) < 4.78 is 10.4. The fourth-order valence-electron chi connectivity index (χ4n) is 0.804. The van der Waals surface area contributed by atoms with Crippen molar-refractivity contribution in [2.24, 2.45) is 0 Å². The standard InChI is InChI=1S/C6H8N3O5P/c10-9(11)6-3-1-5(2-4-6)7-8-15(12,13)14/h1-4,7H,(H3,8,12,13,14). The fraction of sp³-hybridized carbons (Fsp3) is 0. The van der Waals surface area contributed by atoms with Crippen LogP contribution < -0.4 is 10.6 Å². The number of non-ortho nitro benzene ring substituents is 1. The highest BCUT2D eigenvalue weighted by molar-refractivity contribution is 7.49. The third-order valence-corrected chi connectivity index (χ3v) is 1.83. The zero-order valence-corrected chi connectivity index (χ0v) is 8.22. The van der Waals surface area contributed by atoms with E-state index in [0.717, 1.165) is 0 Å². The Labute approximate surface area is 84.3 Å². The maximum atomic E-state index is 10.4. The molecule has 0 aliphatic heterocycles. The molecule has 1 rings (SSSR count). The smallest absolute Gasteiger partial charge is 0.312 e. The lowest BCUT2D eigenvalue weighted by atomic mass is 10.3. The lowest BCUT2D eigenvalue weighted by Crippen LogP contribution is -2.17. The van der Waals surface area contributed by atoms with Gasteiger partial charge in [0.1, 0.15) is 0 Å². The summed E-state index contributed by atoms with van der Waals surface area (Å²) in [6, 6.07) is 5.06. The van der Waals surface area contributed by atoms with Crippen LogP contribution >= 0.6 is 7.75 Å². The normalized spacial score (nSPS) is 11.1. The predicted octanol–water partition coefficient (Wildman–Crippen LogP) is 0.604. The van der Waals surface area contributed by atoms with Crippen LogP contribution in [0.25, 0.3) is 0 Å². The predicted molar refractivity (Wildman–Crippen MR) is 51.9 cm³/mol. The van der Waals surface area contributed by atoms with Gasteiger partial charge < -0.3 is 15.2 Å². The SMILES string of the molecule is O=[N+]([O-])c1ccc(NNP(=O)(O)O)cc1. The average Bonchev–Trinajstić information content (AvgIpc) is 2.14. The largest absolute Gasteiger partial charge is 0.417 e. The minimum absolute atomic E-state index is 0.100. The van der Waals surface area contributed by atoms with Gasteiger partial charge in [0.05, 0.1) is 4.92 Å². The second kappa shape index (κ2) is 4.37. The topological polar surface area (TPSA) is 125 Å². The Hall–Kier alpha value is -1.47. The van der Waals surface area contributed by atoms with Crippen molar-refractivity contribution in [2.45, 2.75) is 0 Å². The molecular formula is C6H8N3O5P. The third-order valence-electron chi connectivity index (χ3n) is 1.42. The number of hydrogen-bond donors (Lipinski definition) is 4. The van der Waals surface area contributed by atoms with E-state index >= 15 is 0 Å². The van der Waals surface area contributed by atoms with Gasteiger partial charge in [-0.3, -0.25) is 10.1 Å². The van der Waals surface area contributed by atoms with E-state index in [4.69, 9.17) is 9.79 Å². The summed E-state index contributed by atoms with van der Waals surface area (Å²) in [5.74, 6) is 0. The second-order valence-electron chi connectivity index (χ2n) is 2.58. The van der Waals surface area contributed by atoms with Crippen molar-refractivity contribution >= 4 is 19.1 Å². The first kappa shape index (κ1) is 11.6. The molecule has 1 aromatic carbocycles. The number of hydrogen-bond acceptors (Lipinski definition) is 4. The molecule has 0 saturated heterocycles. The van der Waals surface area contributed by atoms with E-state index in [1.54, 1.807) is 5.20 Å². The van der Waals surface area contributed by atoms with Crippen molar-refractivity contribution in [1.82, 2.24) is 5.20 Å². The number of hydrazine groups is 1. The highest BCUT2D eigenvalue weighted by Crippen LogP contribution is 2.28. The first-order chi connectivity index (χ1) is 6.88. The Balaban J connectivity index is 2.65. The average molecular weight is 233 g/mol. The van der Waals surface area contributed by atoms with Gasteiger partial charge in [-0.1, -0.05) is 0 Å². The molecule has 0 saturated carbocycles. The maximum absolute atomic E-state index is 10.4. The molecule has 0 heterocycles. The number of nitrogens with one attached hydrogen (secondary N) is 2. The number of nitro groups is 1. The van der Waals surface area contributed by atoms with Gasteiger partial charge in [0, 0.05) is 17.8 Å². The van der Waals surface area contributed by atoms with Crippen LogP contribution in [-0.2, 0) is 4.57 Å². The number of nitro benzene ring substituents is 1. The zero-order valence-electron chi connectivity index (χ0n) is 7.32. The summed E-state index contributed by atoms with van der Waals surface area (Å²) in [6.45, 7) is 0. The number of nitrogens with zero attached hydrogens (tertiary/aromatic N) is 1. The molecular weight excluding hydrogens is 225 g/mol. The van der Waals surface area contributed by atoms with Crippen LogP contribution in [0.3, 0.4) is 0 Å². The molecule has 0 aromatic heterocycles. The Morgan fingerprint density at radius 2 is 1.80 bits per heavy atom. The molecule has 0 amide bonds. The van der Waals surface area contributed by atoms with Crippen LogP contribution in [0.2, 0.25) is 0 Å². The Morgan fingerprint density at radius 1 is 1.27 bits per heavy atom. The maximum Gasteiger partial charge on any atom is 0.417 e. The molecule has 1 aromatic rings. The summed E-state index contributed by atoms with van der Waals surface area (Å²) in [5, 5.41) is 12.0. The van der Waals surface area contributed by atoms with Gasteiger partial charge in [-0.2, -0.15) is 0 Å². The molecule has 0 fully saturated rings. The molecule has 0 aliphatic carbocycles. The van der Waals surface area contributed by atoms with Crippen LogP contribution in [-0.4, -0.2) is 14.7 Å². The summed E-state index contributed by atoms with van der Waals surface area (Å²) in [7, 11) is -4.36. The minimum atomic E-state index is -4.36. The van der Waals surface area contributed by atoms with Gasteiger partial charge in [-0.25, -0.2) is 4.57 Å². The summed E-state index contributed by atoms with van der Waals surface area (Å²) in [6.07, 6.45) is 0. The molecule has 4 N–H and O–H groups in total. The number of anilines is 1. The van der Waals surface area contributed by atoms with Crippen LogP contribution in [0.1, 0.15) is 0 Å². The fourth-order valence-corrected chi connectivity index (χ4v) is 1.08. The van der Waals surface area contributed by atoms with Crippen LogP contribution in [0.5, 0.6) is 0 Å². The molecule has 82 valence electrons. The van der Waals surface area contributed by atoms with Crippen molar-refractivity contribution in [3.63, 3.8) is 0 Å². The first-order valence-electron chi connectivity index (χ1n) is 3.72. The quantitative estimate of drug-likeness (QED) is 0.341. The van der Waals surface area contributed by atoms with Gasteiger partial charge in [-0.15, -0.1) is 5.20 Å². The van der Waals surface area contributed by atoms with Gasteiger partial charge in [0.15, 0.2) is 0 Å². The minimum Gasteiger partial charge on any atom is -0.312 e. The van der Waals surface area contributed by atoms with Gasteiger partial charge >= 0.3 is 7.75 Å². The lowest BCUT2D eigenvalue weighted by Gasteiger charge is -2.08. The van der Waals surface area contributed by atoms with Crippen molar-refractivity contribution in [3.05, 3.63) is 34.4 Å². The Morgan fingerprint density at radius 3 is 2.20 bits per heavy atom. The van der Waals surface area contributed by atoms with Crippen LogP contribution in [0.15, 0.2) is 24.3 Å². The molecule has 15 heavy (non-hydrogen) atoms. The number of benzene rings is 1. The molecule has 8 nitrogen and oxygen atoms in total. The molecule has 0 atom stereocenters. The first-order valence-corrected chi connectivity index (χ1v) is 5.33. The van der Waals surface area contributed by atoms with Gasteiger partial charge in [-0.05, 0) is 12.1 Å². The lowest BCUT2D eigenvalue weighted by molar-refractivity contribution is -0.384. The molecule has 0 spiro atoms. The van der Waals surface area contributed by atoms with Crippen LogP contribution in [0.4, 0.5) is 11.4 Å². The van der Waals surface area contributed by atoms with E-state index in [0.29, 0.717) is 5.69 Å². The van der Waals surface area contributed by atoms with Crippen molar-refractivity contribution in [3.8, 4) is 0 Å². The van der Waals surface area contributed by atoms with Crippen molar-refractivity contribution in [2.75, 3.05) is 5.43 Å². The van der Waals surface area contributed by atoms with Gasteiger partial charge in [0.2, 0.25) is 0 Å². The van der Waals surface area contributed by atoms with E-state index in [9.17, 15) is 14.7 Å². The van der Waals surface area contributed by atoms with E-state index in [-0.39, 0.29) is 5.69 Å². The Kier molecular flexibility index (Phi) is 3.38. The third kappa shape index (κ3) is 4.05. The van der Waals surface area contributed by atoms with Crippen molar-refractivity contribution < 1.29 is 19.3 Å². The summed E-state index contributed by atoms with van der Waals surface area (Å²) >= 11 is 0. The summed E-state index contributed by atoms with van der Waals surface area (Å²) in [5.41, 5.74) is 2.42. The van der Waals surface area contributed by atoms with E-state index < -0.39 is 12.7 Å². The molecule has 9 heteroatoms. The van der Waals surface area contributed by atoms with E-state index in [1.165, 1.54) is 24.3 Å². The monoisotopic (exact) mass is 233 g/mol. The second-order valence-corrected chi connectivity index (χ2v) is 3.90.